The molecular formula is C15H21N5O3S. The highest BCUT2D eigenvalue weighted by Crippen LogP contribution is 2.22. The molecule has 9 heteroatoms. The smallest absolute Gasteiger partial charge is 0.280 e. The standard InChI is InChI=1S/C15H21N5O3S/c1-3-20-13-12(9(2)18-20)17-15(24-8-11(16)21)19(14(13)22)7-10-5-4-6-23-10/h10H,3-8H2,1-2H3,(H2,16,21). The van der Waals surface area contributed by atoms with Crippen LogP contribution in [0.5, 0.6) is 0 Å². The maximum atomic E-state index is 13.1. The van der Waals surface area contributed by atoms with Crippen LogP contribution in [0.4, 0.5) is 0 Å². The molecule has 1 atom stereocenters. The lowest BCUT2D eigenvalue weighted by Crippen LogP contribution is -2.30. The molecule has 3 rings (SSSR count). The van der Waals surface area contributed by atoms with E-state index < -0.39 is 5.91 Å². The fourth-order valence-electron chi connectivity index (χ4n) is 2.92. The van der Waals surface area contributed by atoms with Gasteiger partial charge in [-0.15, -0.1) is 0 Å². The zero-order valence-electron chi connectivity index (χ0n) is 13.8. The third kappa shape index (κ3) is 3.18. The first-order chi connectivity index (χ1) is 11.5. The van der Waals surface area contributed by atoms with E-state index >= 15 is 0 Å². The van der Waals surface area contributed by atoms with Crippen molar-refractivity contribution in [3.05, 3.63) is 16.0 Å². The quantitative estimate of drug-likeness (QED) is 0.606. The highest BCUT2D eigenvalue weighted by molar-refractivity contribution is 7.99. The Kier molecular flexibility index (Phi) is 4.91. The second-order valence-electron chi connectivity index (χ2n) is 5.80. The van der Waals surface area contributed by atoms with Crippen molar-refractivity contribution in [3.8, 4) is 0 Å². The number of primary amides is 1. The third-order valence-corrected chi connectivity index (χ3v) is 5.03. The number of carbonyl (C=O) groups excluding carboxylic acids is 1. The average molecular weight is 351 g/mol. The Morgan fingerprint density at radius 1 is 1.50 bits per heavy atom. The predicted molar refractivity (Wildman–Crippen MR) is 91.1 cm³/mol. The van der Waals surface area contributed by atoms with Gasteiger partial charge in [-0.2, -0.15) is 5.10 Å². The molecular weight excluding hydrogens is 330 g/mol. The number of amides is 1. The fraction of sp³-hybridized carbons (Fsp3) is 0.600. The van der Waals surface area contributed by atoms with Crippen molar-refractivity contribution in [2.24, 2.45) is 5.73 Å². The van der Waals surface area contributed by atoms with Crippen LogP contribution in [0.2, 0.25) is 0 Å². The zero-order chi connectivity index (χ0) is 17.3. The molecule has 2 aromatic rings. The Morgan fingerprint density at radius 2 is 2.29 bits per heavy atom. The van der Waals surface area contributed by atoms with E-state index in [4.69, 9.17) is 10.5 Å². The molecule has 3 heterocycles. The molecule has 1 aliphatic heterocycles. The van der Waals surface area contributed by atoms with Crippen LogP contribution >= 0.6 is 11.8 Å². The summed E-state index contributed by atoms with van der Waals surface area (Å²) in [6.07, 6.45) is 1.90. The number of nitrogens with zero attached hydrogens (tertiary/aromatic N) is 4. The maximum absolute atomic E-state index is 13.1. The molecule has 1 saturated heterocycles. The van der Waals surface area contributed by atoms with Crippen molar-refractivity contribution in [1.29, 1.82) is 0 Å². The highest BCUT2D eigenvalue weighted by Gasteiger charge is 2.23. The average Bonchev–Trinajstić information content (AvgIpc) is 3.16. The molecule has 1 amide bonds. The molecule has 1 fully saturated rings. The summed E-state index contributed by atoms with van der Waals surface area (Å²) in [4.78, 5) is 28.8. The van der Waals surface area contributed by atoms with Gasteiger partial charge in [0.25, 0.3) is 5.56 Å². The number of carbonyl (C=O) groups is 1. The van der Waals surface area contributed by atoms with E-state index in [0.29, 0.717) is 41.6 Å². The lowest BCUT2D eigenvalue weighted by Gasteiger charge is -2.15. The summed E-state index contributed by atoms with van der Waals surface area (Å²) in [7, 11) is 0. The molecule has 2 aromatic heterocycles. The van der Waals surface area contributed by atoms with Crippen molar-refractivity contribution < 1.29 is 9.53 Å². The number of thioether (sulfide) groups is 1. The monoisotopic (exact) mass is 351 g/mol. The van der Waals surface area contributed by atoms with Crippen LogP contribution in [0.25, 0.3) is 11.0 Å². The number of hydrogen-bond donors (Lipinski definition) is 1. The van der Waals surface area contributed by atoms with E-state index in [9.17, 15) is 9.59 Å². The normalized spacial score (nSPS) is 17.7. The summed E-state index contributed by atoms with van der Waals surface area (Å²) in [5.41, 5.74) is 6.88. The summed E-state index contributed by atoms with van der Waals surface area (Å²) in [6.45, 7) is 5.50. The second kappa shape index (κ2) is 6.94. The van der Waals surface area contributed by atoms with Gasteiger partial charge in [-0.3, -0.25) is 18.8 Å². The molecule has 0 aliphatic carbocycles. The summed E-state index contributed by atoms with van der Waals surface area (Å²) in [5, 5.41) is 4.87. The van der Waals surface area contributed by atoms with Crippen LogP contribution < -0.4 is 11.3 Å². The van der Waals surface area contributed by atoms with E-state index in [-0.39, 0.29) is 17.4 Å². The van der Waals surface area contributed by atoms with Gasteiger partial charge in [-0.1, -0.05) is 11.8 Å². The summed E-state index contributed by atoms with van der Waals surface area (Å²) in [6, 6.07) is 0. The van der Waals surface area contributed by atoms with Crippen molar-refractivity contribution in [1.82, 2.24) is 19.3 Å². The number of nitrogens with two attached hydrogens (primary N) is 1. The Labute approximate surface area is 143 Å². The van der Waals surface area contributed by atoms with Crippen molar-refractivity contribution in [2.45, 2.75) is 51.0 Å². The molecule has 1 unspecified atom stereocenters. The SMILES string of the molecule is CCn1nc(C)c2nc(SCC(N)=O)n(CC3CCCO3)c(=O)c21. The molecule has 2 N–H and O–H groups in total. The molecule has 8 nitrogen and oxygen atoms in total. The summed E-state index contributed by atoms with van der Waals surface area (Å²) < 4.78 is 8.93. The van der Waals surface area contributed by atoms with Crippen molar-refractivity contribution >= 4 is 28.7 Å². The number of rotatable bonds is 6. The van der Waals surface area contributed by atoms with Crippen LogP contribution in [-0.2, 0) is 22.6 Å². The highest BCUT2D eigenvalue weighted by atomic mass is 32.2. The molecule has 130 valence electrons. The molecule has 0 saturated carbocycles. The van der Waals surface area contributed by atoms with Crippen LogP contribution in [0.15, 0.2) is 9.95 Å². The van der Waals surface area contributed by atoms with Gasteiger partial charge in [-0.25, -0.2) is 4.98 Å². The fourth-order valence-corrected chi connectivity index (χ4v) is 3.66. The largest absolute Gasteiger partial charge is 0.376 e. The molecule has 1 aliphatic rings. The molecule has 24 heavy (non-hydrogen) atoms. The number of aryl methyl sites for hydroxylation is 2. The second-order valence-corrected chi connectivity index (χ2v) is 6.74. The zero-order valence-corrected chi connectivity index (χ0v) is 14.6. The van der Waals surface area contributed by atoms with Crippen LogP contribution in [0.3, 0.4) is 0 Å². The van der Waals surface area contributed by atoms with Gasteiger partial charge >= 0.3 is 0 Å². The molecule has 0 aromatic carbocycles. The number of fused-ring (bicyclic) bond motifs is 1. The van der Waals surface area contributed by atoms with E-state index in [2.05, 4.69) is 10.1 Å². The lowest BCUT2D eigenvalue weighted by molar-refractivity contribution is -0.115. The van der Waals surface area contributed by atoms with Crippen LogP contribution in [0, 0.1) is 6.92 Å². The third-order valence-electron chi connectivity index (χ3n) is 4.04. The number of ether oxygens (including phenoxy) is 1. The van der Waals surface area contributed by atoms with E-state index in [1.165, 1.54) is 11.8 Å². The van der Waals surface area contributed by atoms with Gasteiger partial charge in [0.1, 0.15) is 5.52 Å². The van der Waals surface area contributed by atoms with E-state index in [1.54, 1.807) is 9.25 Å². The van der Waals surface area contributed by atoms with Gasteiger partial charge in [-0.05, 0) is 26.7 Å². The molecule has 0 bridgehead atoms. The number of aromatic nitrogens is 4. The van der Waals surface area contributed by atoms with Gasteiger partial charge < -0.3 is 10.5 Å². The van der Waals surface area contributed by atoms with Crippen molar-refractivity contribution in [3.63, 3.8) is 0 Å². The predicted octanol–water partition coefficient (Wildman–Crippen LogP) is 0.678. The van der Waals surface area contributed by atoms with E-state index in [0.717, 1.165) is 12.8 Å². The maximum Gasteiger partial charge on any atom is 0.280 e. The molecule has 0 spiro atoms. The van der Waals surface area contributed by atoms with E-state index in [1.807, 2.05) is 13.8 Å². The molecule has 0 radical (unpaired) electrons. The Morgan fingerprint density at radius 3 is 2.92 bits per heavy atom. The minimum absolute atomic E-state index is 0.00558. The van der Waals surface area contributed by atoms with Crippen LogP contribution in [0.1, 0.15) is 25.5 Å². The van der Waals surface area contributed by atoms with Crippen molar-refractivity contribution in [2.75, 3.05) is 12.4 Å². The first-order valence-corrected chi connectivity index (χ1v) is 9.00. The van der Waals surface area contributed by atoms with Crippen LogP contribution in [-0.4, -0.2) is 43.7 Å². The first-order valence-electron chi connectivity index (χ1n) is 8.02. The first kappa shape index (κ1) is 17.0. The minimum atomic E-state index is -0.445. The minimum Gasteiger partial charge on any atom is -0.376 e. The number of hydrogen-bond acceptors (Lipinski definition) is 6. The summed E-state index contributed by atoms with van der Waals surface area (Å²) >= 11 is 1.18. The Balaban J connectivity index is 2.12. The van der Waals surface area contributed by atoms with Gasteiger partial charge in [0.05, 0.1) is 24.1 Å². The lowest BCUT2D eigenvalue weighted by atomic mass is 10.2. The van der Waals surface area contributed by atoms with Gasteiger partial charge in [0.15, 0.2) is 10.7 Å². The Hall–Kier alpha value is -1.87. The van der Waals surface area contributed by atoms with Gasteiger partial charge in [0.2, 0.25) is 5.91 Å². The topological polar surface area (TPSA) is 105 Å². The summed E-state index contributed by atoms with van der Waals surface area (Å²) in [5.74, 6) is -0.372. The van der Waals surface area contributed by atoms with Gasteiger partial charge in [0, 0.05) is 13.2 Å². The Bertz CT molecular complexity index is 823.